The van der Waals surface area contributed by atoms with Crippen LogP contribution in [0.2, 0.25) is 5.15 Å². The zero-order chi connectivity index (χ0) is 13.1. The van der Waals surface area contributed by atoms with Crippen LogP contribution in [0.15, 0.2) is 0 Å². The van der Waals surface area contributed by atoms with E-state index in [1.807, 2.05) is 6.92 Å². The Morgan fingerprint density at radius 1 is 1.67 bits per heavy atom. The summed E-state index contributed by atoms with van der Waals surface area (Å²) >= 11 is 7.22. The maximum absolute atomic E-state index is 12.9. The topological polar surface area (TPSA) is 33.2 Å². The third-order valence-electron chi connectivity index (χ3n) is 3.04. The summed E-state index contributed by atoms with van der Waals surface area (Å²) in [4.78, 5) is 18.6. The first kappa shape index (κ1) is 13.9. The molecule has 1 atom stereocenters. The lowest BCUT2D eigenvalue weighted by atomic mass is 10.2. The SMILES string of the molecule is Cc1nc(Cl)c(C(=O)CCCN2CCC(F)C2)s1. The van der Waals surface area contributed by atoms with Gasteiger partial charge in [0.1, 0.15) is 11.0 Å². The van der Waals surface area contributed by atoms with Gasteiger partial charge in [-0.15, -0.1) is 11.3 Å². The van der Waals surface area contributed by atoms with Crippen LogP contribution in [-0.2, 0) is 0 Å². The second kappa shape index (κ2) is 6.08. The fourth-order valence-corrected chi connectivity index (χ4v) is 3.31. The number of halogens is 2. The summed E-state index contributed by atoms with van der Waals surface area (Å²) in [6, 6.07) is 0. The number of alkyl halides is 1. The summed E-state index contributed by atoms with van der Waals surface area (Å²) in [6.07, 6.45) is 1.13. The summed E-state index contributed by atoms with van der Waals surface area (Å²) in [6.45, 7) is 3.92. The molecule has 0 amide bonds. The third-order valence-corrected chi connectivity index (χ3v) is 4.44. The molecule has 1 aromatic heterocycles. The van der Waals surface area contributed by atoms with Crippen molar-refractivity contribution in [3.8, 4) is 0 Å². The van der Waals surface area contributed by atoms with Crippen LogP contribution < -0.4 is 0 Å². The van der Waals surface area contributed by atoms with E-state index in [1.54, 1.807) is 0 Å². The van der Waals surface area contributed by atoms with Crippen LogP contribution >= 0.6 is 22.9 Å². The van der Waals surface area contributed by atoms with Crippen molar-refractivity contribution in [2.75, 3.05) is 19.6 Å². The van der Waals surface area contributed by atoms with Gasteiger partial charge in [0.25, 0.3) is 0 Å². The summed E-state index contributed by atoms with van der Waals surface area (Å²) in [7, 11) is 0. The highest BCUT2D eigenvalue weighted by Crippen LogP contribution is 2.24. The quantitative estimate of drug-likeness (QED) is 0.781. The maximum atomic E-state index is 12.9. The first-order valence-corrected chi connectivity index (χ1v) is 7.28. The van der Waals surface area contributed by atoms with E-state index in [0.29, 0.717) is 29.4 Å². The lowest BCUT2D eigenvalue weighted by molar-refractivity contribution is 0.0979. The highest BCUT2D eigenvalue weighted by molar-refractivity contribution is 7.14. The number of rotatable bonds is 5. The number of likely N-dealkylation sites (tertiary alicyclic amines) is 1. The number of thiazole rings is 1. The van der Waals surface area contributed by atoms with Gasteiger partial charge in [-0.05, 0) is 26.3 Å². The molecule has 1 aliphatic heterocycles. The Balaban J connectivity index is 1.77. The minimum absolute atomic E-state index is 0.0431. The zero-order valence-electron chi connectivity index (χ0n) is 10.3. The van der Waals surface area contributed by atoms with Crippen molar-refractivity contribution in [1.82, 2.24) is 9.88 Å². The monoisotopic (exact) mass is 290 g/mol. The molecule has 1 unspecified atom stereocenters. The second-order valence-corrected chi connectivity index (χ2v) is 6.13. The minimum Gasteiger partial charge on any atom is -0.300 e. The molecular formula is C12H16ClFN2OS. The molecular weight excluding hydrogens is 275 g/mol. The average molecular weight is 291 g/mol. The van der Waals surface area contributed by atoms with E-state index in [2.05, 4.69) is 9.88 Å². The molecule has 3 nitrogen and oxygen atoms in total. The molecule has 18 heavy (non-hydrogen) atoms. The fourth-order valence-electron chi connectivity index (χ4n) is 2.14. The maximum Gasteiger partial charge on any atom is 0.176 e. The molecule has 0 radical (unpaired) electrons. The first-order valence-electron chi connectivity index (χ1n) is 6.09. The Morgan fingerprint density at radius 2 is 2.44 bits per heavy atom. The molecule has 6 heteroatoms. The van der Waals surface area contributed by atoms with E-state index in [0.717, 1.165) is 24.5 Å². The van der Waals surface area contributed by atoms with Gasteiger partial charge in [0.15, 0.2) is 10.9 Å². The number of carbonyl (C=O) groups is 1. The van der Waals surface area contributed by atoms with Crippen molar-refractivity contribution in [1.29, 1.82) is 0 Å². The zero-order valence-corrected chi connectivity index (χ0v) is 11.9. The van der Waals surface area contributed by atoms with Gasteiger partial charge in [0, 0.05) is 19.5 Å². The lowest BCUT2D eigenvalue weighted by Crippen LogP contribution is -2.22. The predicted octanol–water partition coefficient (Wildman–Crippen LogP) is 3.11. The number of aromatic nitrogens is 1. The van der Waals surface area contributed by atoms with Crippen molar-refractivity contribution in [2.45, 2.75) is 32.4 Å². The van der Waals surface area contributed by atoms with Gasteiger partial charge in [0.05, 0.1) is 5.01 Å². The Labute approximate surface area is 115 Å². The van der Waals surface area contributed by atoms with Crippen molar-refractivity contribution < 1.29 is 9.18 Å². The smallest absolute Gasteiger partial charge is 0.176 e. The molecule has 1 saturated heterocycles. The van der Waals surface area contributed by atoms with E-state index in [4.69, 9.17) is 11.6 Å². The molecule has 0 aliphatic carbocycles. The molecule has 0 bridgehead atoms. The van der Waals surface area contributed by atoms with Crippen LogP contribution in [-0.4, -0.2) is 41.5 Å². The second-order valence-electron chi connectivity index (χ2n) is 4.57. The first-order chi connectivity index (χ1) is 8.56. The Morgan fingerprint density at radius 3 is 3.00 bits per heavy atom. The van der Waals surface area contributed by atoms with Gasteiger partial charge in [-0.3, -0.25) is 4.79 Å². The lowest BCUT2D eigenvalue weighted by Gasteiger charge is -2.13. The summed E-state index contributed by atoms with van der Waals surface area (Å²) in [5.41, 5.74) is 0. The number of Topliss-reactive ketones (excluding diaryl/α,β-unsaturated/α-hetero) is 1. The summed E-state index contributed by atoms with van der Waals surface area (Å²) < 4.78 is 12.9. The van der Waals surface area contributed by atoms with E-state index < -0.39 is 6.17 Å². The number of ketones is 1. The molecule has 2 rings (SSSR count). The van der Waals surface area contributed by atoms with Gasteiger partial charge in [-0.1, -0.05) is 11.6 Å². The van der Waals surface area contributed by atoms with Gasteiger partial charge in [-0.2, -0.15) is 0 Å². The average Bonchev–Trinajstić information content (AvgIpc) is 2.85. The van der Waals surface area contributed by atoms with Crippen molar-refractivity contribution in [3.05, 3.63) is 15.0 Å². The van der Waals surface area contributed by atoms with Crippen LogP contribution in [0, 0.1) is 6.92 Å². The Bertz CT molecular complexity index is 438. The van der Waals surface area contributed by atoms with E-state index in [1.165, 1.54) is 11.3 Å². The number of hydrogen-bond donors (Lipinski definition) is 0. The Kier molecular flexibility index (Phi) is 4.70. The number of hydrogen-bond acceptors (Lipinski definition) is 4. The molecule has 0 saturated carbocycles. The fraction of sp³-hybridized carbons (Fsp3) is 0.667. The van der Waals surface area contributed by atoms with Gasteiger partial charge in [0.2, 0.25) is 0 Å². The largest absolute Gasteiger partial charge is 0.300 e. The molecule has 1 aliphatic rings. The molecule has 1 fully saturated rings. The van der Waals surface area contributed by atoms with E-state index >= 15 is 0 Å². The van der Waals surface area contributed by atoms with Gasteiger partial charge in [-0.25, -0.2) is 9.37 Å². The molecule has 0 N–H and O–H groups in total. The van der Waals surface area contributed by atoms with Crippen LogP contribution in [0.3, 0.4) is 0 Å². The Hall–Kier alpha value is -0.520. The minimum atomic E-state index is -0.695. The van der Waals surface area contributed by atoms with Gasteiger partial charge < -0.3 is 4.90 Å². The number of nitrogens with zero attached hydrogens (tertiary/aromatic N) is 2. The van der Waals surface area contributed by atoms with Crippen molar-refractivity contribution in [3.63, 3.8) is 0 Å². The standard InChI is InChI=1S/C12H16ClFN2OS/c1-8-15-12(13)11(18-8)10(17)3-2-5-16-6-4-9(14)7-16/h9H,2-7H2,1H3. The van der Waals surface area contributed by atoms with E-state index in [9.17, 15) is 9.18 Å². The van der Waals surface area contributed by atoms with E-state index in [-0.39, 0.29) is 5.78 Å². The molecule has 0 aromatic carbocycles. The molecule has 2 heterocycles. The number of carbonyl (C=O) groups excluding carboxylic acids is 1. The van der Waals surface area contributed by atoms with Crippen LogP contribution in [0.4, 0.5) is 4.39 Å². The van der Waals surface area contributed by atoms with Crippen LogP contribution in [0.5, 0.6) is 0 Å². The summed E-state index contributed by atoms with van der Waals surface area (Å²) in [5.74, 6) is 0.0431. The normalized spacial score (nSPS) is 20.5. The van der Waals surface area contributed by atoms with Crippen molar-refractivity contribution in [2.24, 2.45) is 0 Å². The molecule has 100 valence electrons. The molecule has 1 aromatic rings. The summed E-state index contributed by atoms with van der Waals surface area (Å²) in [5, 5.41) is 1.12. The third kappa shape index (κ3) is 3.49. The van der Waals surface area contributed by atoms with Gasteiger partial charge >= 0.3 is 0 Å². The highest BCUT2D eigenvalue weighted by atomic mass is 35.5. The van der Waals surface area contributed by atoms with Crippen LogP contribution in [0.1, 0.15) is 33.9 Å². The number of aryl methyl sites for hydroxylation is 1. The molecule has 0 spiro atoms. The highest BCUT2D eigenvalue weighted by Gasteiger charge is 2.21. The van der Waals surface area contributed by atoms with Crippen LogP contribution in [0.25, 0.3) is 0 Å². The van der Waals surface area contributed by atoms with Crippen molar-refractivity contribution >= 4 is 28.7 Å². The predicted molar refractivity (Wildman–Crippen MR) is 71.4 cm³/mol.